The molecule has 0 bridgehead atoms. The second-order valence-electron chi connectivity index (χ2n) is 5.32. The molecular formula is C17H18BrNO2. The zero-order valence-electron chi connectivity index (χ0n) is 12.1. The van der Waals surface area contributed by atoms with Crippen molar-refractivity contribution < 1.29 is 9.90 Å². The van der Waals surface area contributed by atoms with Crippen LogP contribution in [0.3, 0.4) is 0 Å². The van der Waals surface area contributed by atoms with Crippen molar-refractivity contribution in [2.45, 2.75) is 25.9 Å². The van der Waals surface area contributed by atoms with Crippen LogP contribution in [0.15, 0.2) is 53.0 Å². The molecule has 3 nitrogen and oxygen atoms in total. The van der Waals surface area contributed by atoms with Crippen LogP contribution < -0.4 is 5.32 Å². The second-order valence-corrected chi connectivity index (χ2v) is 6.24. The van der Waals surface area contributed by atoms with Gasteiger partial charge in [-0.3, -0.25) is 4.79 Å². The van der Waals surface area contributed by atoms with Crippen LogP contribution in [0.4, 0.5) is 5.69 Å². The van der Waals surface area contributed by atoms with Gasteiger partial charge >= 0.3 is 0 Å². The summed E-state index contributed by atoms with van der Waals surface area (Å²) in [7, 11) is 0. The van der Waals surface area contributed by atoms with Gasteiger partial charge in [0.2, 0.25) is 5.91 Å². The highest BCUT2D eigenvalue weighted by atomic mass is 79.9. The van der Waals surface area contributed by atoms with E-state index < -0.39 is 5.60 Å². The van der Waals surface area contributed by atoms with Crippen LogP contribution in [0.1, 0.15) is 24.5 Å². The third-order valence-electron chi connectivity index (χ3n) is 3.37. The Balaban J connectivity index is 2.09. The van der Waals surface area contributed by atoms with Gasteiger partial charge in [0.25, 0.3) is 0 Å². The Morgan fingerprint density at radius 2 is 1.90 bits per heavy atom. The van der Waals surface area contributed by atoms with Crippen molar-refractivity contribution >= 4 is 27.5 Å². The van der Waals surface area contributed by atoms with E-state index in [1.165, 1.54) is 0 Å². The van der Waals surface area contributed by atoms with Gasteiger partial charge in [-0.1, -0.05) is 52.3 Å². The number of hydrogen-bond acceptors (Lipinski definition) is 2. The first kappa shape index (κ1) is 15.7. The number of aryl methyl sites for hydroxylation is 1. The first-order valence-corrected chi connectivity index (χ1v) is 7.52. The molecule has 21 heavy (non-hydrogen) atoms. The number of hydrogen-bond donors (Lipinski definition) is 2. The molecule has 0 heterocycles. The van der Waals surface area contributed by atoms with E-state index in [0.29, 0.717) is 0 Å². The van der Waals surface area contributed by atoms with E-state index in [0.717, 1.165) is 21.3 Å². The third kappa shape index (κ3) is 4.16. The standard InChI is InChI=1S/C17H18BrNO2/c1-12-8-9-14(18)10-15(12)19-16(20)11-17(2,21)13-6-4-3-5-7-13/h3-10,21H,11H2,1-2H3,(H,19,20). The fraction of sp³-hybridized carbons (Fsp3) is 0.235. The number of carbonyl (C=O) groups is 1. The smallest absolute Gasteiger partial charge is 0.227 e. The Morgan fingerprint density at radius 3 is 2.57 bits per heavy atom. The Bertz CT molecular complexity index is 638. The first-order valence-electron chi connectivity index (χ1n) is 6.72. The Kier molecular flexibility index (Phi) is 4.80. The lowest BCUT2D eigenvalue weighted by molar-refractivity contribution is -0.120. The van der Waals surface area contributed by atoms with E-state index in [1.54, 1.807) is 6.92 Å². The zero-order chi connectivity index (χ0) is 15.5. The van der Waals surface area contributed by atoms with E-state index in [1.807, 2.05) is 55.5 Å². The lowest BCUT2D eigenvalue weighted by atomic mass is 9.92. The van der Waals surface area contributed by atoms with Gasteiger partial charge in [0.15, 0.2) is 0 Å². The van der Waals surface area contributed by atoms with Crippen LogP contribution in [-0.4, -0.2) is 11.0 Å². The number of rotatable bonds is 4. The highest BCUT2D eigenvalue weighted by molar-refractivity contribution is 9.10. The Morgan fingerprint density at radius 1 is 1.24 bits per heavy atom. The van der Waals surface area contributed by atoms with Crippen molar-refractivity contribution in [3.8, 4) is 0 Å². The maximum absolute atomic E-state index is 12.2. The van der Waals surface area contributed by atoms with Crippen molar-refractivity contribution in [2.75, 3.05) is 5.32 Å². The summed E-state index contributed by atoms with van der Waals surface area (Å²) in [6, 6.07) is 14.9. The minimum Gasteiger partial charge on any atom is -0.385 e. The molecule has 0 radical (unpaired) electrons. The predicted octanol–water partition coefficient (Wildman–Crippen LogP) is 3.99. The van der Waals surface area contributed by atoms with Gasteiger partial charge in [0.05, 0.1) is 12.0 Å². The minimum atomic E-state index is -1.19. The number of carbonyl (C=O) groups excluding carboxylic acids is 1. The molecule has 0 saturated carbocycles. The van der Waals surface area contributed by atoms with Gasteiger partial charge in [-0.2, -0.15) is 0 Å². The average Bonchev–Trinajstić information content (AvgIpc) is 2.43. The van der Waals surface area contributed by atoms with Crippen molar-refractivity contribution in [1.29, 1.82) is 0 Å². The number of nitrogens with one attached hydrogen (secondary N) is 1. The number of benzene rings is 2. The monoisotopic (exact) mass is 347 g/mol. The van der Waals surface area contributed by atoms with E-state index in [4.69, 9.17) is 0 Å². The zero-order valence-corrected chi connectivity index (χ0v) is 13.6. The minimum absolute atomic E-state index is 0.00294. The maximum atomic E-state index is 12.2. The molecule has 1 unspecified atom stereocenters. The third-order valence-corrected chi connectivity index (χ3v) is 3.87. The van der Waals surface area contributed by atoms with Crippen LogP contribution in [0.2, 0.25) is 0 Å². The SMILES string of the molecule is Cc1ccc(Br)cc1NC(=O)CC(C)(O)c1ccccc1. The van der Waals surface area contributed by atoms with Crippen molar-refractivity contribution in [3.63, 3.8) is 0 Å². The molecule has 0 aromatic heterocycles. The molecule has 0 saturated heterocycles. The van der Waals surface area contributed by atoms with Crippen LogP contribution >= 0.6 is 15.9 Å². The van der Waals surface area contributed by atoms with Crippen LogP contribution in [-0.2, 0) is 10.4 Å². The summed E-state index contributed by atoms with van der Waals surface area (Å²) in [6.45, 7) is 3.58. The van der Waals surface area contributed by atoms with Crippen molar-refractivity contribution in [1.82, 2.24) is 0 Å². The van der Waals surface area contributed by atoms with Gasteiger partial charge in [-0.15, -0.1) is 0 Å². The summed E-state index contributed by atoms with van der Waals surface area (Å²) < 4.78 is 0.901. The summed E-state index contributed by atoms with van der Waals surface area (Å²) in [6.07, 6.45) is 0.00294. The number of amides is 1. The second kappa shape index (κ2) is 6.41. The first-order chi connectivity index (χ1) is 9.88. The van der Waals surface area contributed by atoms with Gasteiger partial charge in [0.1, 0.15) is 0 Å². The molecule has 0 aliphatic rings. The van der Waals surface area contributed by atoms with E-state index in [2.05, 4.69) is 21.2 Å². The lowest BCUT2D eigenvalue weighted by Crippen LogP contribution is -2.28. The van der Waals surface area contributed by atoms with Crippen LogP contribution in [0, 0.1) is 6.92 Å². The van der Waals surface area contributed by atoms with Gasteiger partial charge in [-0.25, -0.2) is 0 Å². The summed E-state index contributed by atoms with van der Waals surface area (Å²) in [5.74, 6) is -0.218. The summed E-state index contributed by atoms with van der Waals surface area (Å²) in [5.41, 5.74) is 1.26. The van der Waals surface area contributed by atoms with Crippen LogP contribution in [0.5, 0.6) is 0 Å². The molecule has 2 N–H and O–H groups in total. The molecule has 0 fully saturated rings. The van der Waals surface area contributed by atoms with Crippen molar-refractivity contribution in [2.24, 2.45) is 0 Å². The normalized spacial score (nSPS) is 13.5. The predicted molar refractivity (Wildman–Crippen MR) is 88.1 cm³/mol. The molecule has 0 spiro atoms. The molecule has 2 rings (SSSR count). The number of aliphatic hydroxyl groups is 1. The Labute approximate surface area is 133 Å². The molecule has 0 aliphatic heterocycles. The lowest BCUT2D eigenvalue weighted by Gasteiger charge is -2.23. The van der Waals surface area contributed by atoms with Gasteiger partial charge in [0, 0.05) is 10.2 Å². The molecule has 110 valence electrons. The molecule has 2 aromatic carbocycles. The van der Waals surface area contributed by atoms with E-state index >= 15 is 0 Å². The Hall–Kier alpha value is -1.65. The number of anilines is 1. The molecule has 2 aromatic rings. The summed E-state index contributed by atoms with van der Waals surface area (Å²) in [5, 5.41) is 13.3. The largest absolute Gasteiger partial charge is 0.385 e. The molecule has 1 atom stereocenters. The molecule has 0 aliphatic carbocycles. The van der Waals surface area contributed by atoms with Crippen LogP contribution in [0.25, 0.3) is 0 Å². The average molecular weight is 348 g/mol. The van der Waals surface area contributed by atoms with E-state index in [9.17, 15) is 9.90 Å². The van der Waals surface area contributed by atoms with Gasteiger partial charge in [-0.05, 0) is 37.1 Å². The summed E-state index contributed by atoms with van der Waals surface area (Å²) in [4.78, 5) is 12.2. The fourth-order valence-electron chi connectivity index (χ4n) is 2.14. The fourth-order valence-corrected chi connectivity index (χ4v) is 2.50. The molecule has 1 amide bonds. The quantitative estimate of drug-likeness (QED) is 0.878. The van der Waals surface area contributed by atoms with Crippen molar-refractivity contribution in [3.05, 3.63) is 64.1 Å². The highest BCUT2D eigenvalue weighted by Crippen LogP contribution is 2.26. The molecule has 4 heteroatoms. The number of halogens is 1. The molecular weight excluding hydrogens is 330 g/mol. The van der Waals surface area contributed by atoms with E-state index in [-0.39, 0.29) is 12.3 Å². The van der Waals surface area contributed by atoms with Gasteiger partial charge < -0.3 is 10.4 Å². The maximum Gasteiger partial charge on any atom is 0.227 e. The summed E-state index contributed by atoms with van der Waals surface area (Å²) >= 11 is 3.38. The topological polar surface area (TPSA) is 49.3 Å². The highest BCUT2D eigenvalue weighted by Gasteiger charge is 2.26.